The number of rotatable bonds is 5. The monoisotopic (exact) mass is 279 g/mol. The summed E-state index contributed by atoms with van der Waals surface area (Å²) >= 11 is 0. The Hall–Kier alpha value is -1.76. The molecule has 0 amide bonds. The van der Waals surface area contributed by atoms with Crippen LogP contribution in [0, 0.1) is 11.8 Å². The number of phenolic OH excluding ortho intramolecular Hbond substituents is 1. The van der Waals surface area contributed by atoms with Crippen LogP contribution in [0.2, 0.25) is 0 Å². The zero-order valence-electron chi connectivity index (χ0n) is 12.5. The van der Waals surface area contributed by atoms with E-state index in [0.717, 1.165) is 24.3 Å². The Kier molecular flexibility index (Phi) is 4.59. The highest BCUT2D eigenvalue weighted by Crippen LogP contribution is 2.37. The summed E-state index contributed by atoms with van der Waals surface area (Å²) in [6, 6.07) is 18.5. The van der Waals surface area contributed by atoms with Gasteiger partial charge in [0.05, 0.1) is 0 Å². The second-order valence-corrected chi connectivity index (χ2v) is 6.11. The van der Waals surface area contributed by atoms with Gasteiger partial charge in [-0.1, -0.05) is 61.4 Å². The van der Waals surface area contributed by atoms with Gasteiger partial charge in [-0.3, -0.25) is 0 Å². The summed E-state index contributed by atoms with van der Waals surface area (Å²) < 4.78 is 0. The van der Waals surface area contributed by atoms with E-state index in [1.807, 2.05) is 12.1 Å². The minimum absolute atomic E-state index is 0.432. The van der Waals surface area contributed by atoms with E-state index in [1.165, 1.54) is 31.2 Å². The van der Waals surface area contributed by atoms with E-state index in [2.05, 4.69) is 36.4 Å². The van der Waals surface area contributed by atoms with Crippen molar-refractivity contribution in [1.82, 2.24) is 0 Å². The van der Waals surface area contributed by atoms with Crippen molar-refractivity contribution in [3.05, 3.63) is 71.6 Å². The van der Waals surface area contributed by atoms with Crippen LogP contribution in [-0.2, 0) is 12.8 Å². The van der Waals surface area contributed by atoms with E-state index in [9.17, 15) is 5.11 Å². The van der Waals surface area contributed by atoms with Gasteiger partial charge in [0.25, 0.3) is 0 Å². The highest BCUT2D eigenvalue weighted by Gasteiger charge is 2.26. The molecule has 1 aliphatic rings. The second kappa shape index (κ2) is 6.80. The van der Waals surface area contributed by atoms with Gasteiger partial charge in [0.2, 0.25) is 0 Å². The normalized spacial score (nSPS) is 15.7. The summed E-state index contributed by atoms with van der Waals surface area (Å²) in [5, 5.41) is 10.1. The van der Waals surface area contributed by atoms with E-state index in [-0.39, 0.29) is 0 Å². The molecular formula is C20H23O. The number of phenols is 1. The van der Waals surface area contributed by atoms with Gasteiger partial charge in [-0.25, -0.2) is 0 Å². The van der Waals surface area contributed by atoms with Crippen molar-refractivity contribution in [2.45, 2.75) is 38.5 Å². The SMILES string of the molecule is Oc1ccccc1C[C](Cc1ccccc1)C1CCCC1. The first-order chi connectivity index (χ1) is 10.3. The van der Waals surface area contributed by atoms with Gasteiger partial charge in [0.1, 0.15) is 5.75 Å². The van der Waals surface area contributed by atoms with Gasteiger partial charge in [0.15, 0.2) is 0 Å². The Labute approximate surface area is 127 Å². The highest BCUT2D eigenvalue weighted by atomic mass is 16.3. The van der Waals surface area contributed by atoms with E-state index >= 15 is 0 Å². The van der Waals surface area contributed by atoms with Crippen LogP contribution < -0.4 is 0 Å². The molecule has 3 rings (SSSR count). The molecule has 1 fully saturated rings. The molecule has 1 N–H and O–H groups in total. The molecule has 0 bridgehead atoms. The number of aromatic hydroxyl groups is 1. The first kappa shape index (κ1) is 14.2. The maximum absolute atomic E-state index is 10.1. The Bertz CT molecular complexity index is 555. The zero-order chi connectivity index (χ0) is 14.5. The average molecular weight is 279 g/mol. The number of benzene rings is 2. The third kappa shape index (κ3) is 3.66. The maximum Gasteiger partial charge on any atom is 0.118 e. The molecule has 109 valence electrons. The summed E-state index contributed by atoms with van der Waals surface area (Å²) in [6.07, 6.45) is 7.28. The summed E-state index contributed by atoms with van der Waals surface area (Å²) in [5.74, 6) is 2.74. The largest absolute Gasteiger partial charge is 0.508 e. The lowest BCUT2D eigenvalue weighted by molar-refractivity contribution is 0.461. The molecule has 1 heteroatoms. The summed E-state index contributed by atoms with van der Waals surface area (Å²) in [6.45, 7) is 0. The van der Waals surface area contributed by atoms with Crippen molar-refractivity contribution in [2.75, 3.05) is 0 Å². The van der Waals surface area contributed by atoms with Crippen LogP contribution in [-0.4, -0.2) is 5.11 Å². The zero-order valence-corrected chi connectivity index (χ0v) is 12.5. The van der Waals surface area contributed by atoms with Crippen molar-refractivity contribution >= 4 is 0 Å². The first-order valence-electron chi connectivity index (χ1n) is 7.98. The van der Waals surface area contributed by atoms with Gasteiger partial charge in [-0.15, -0.1) is 0 Å². The van der Waals surface area contributed by atoms with Gasteiger partial charge in [-0.2, -0.15) is 0 Å². The first-order valence-corrected chi connectivity index (χ1v) is 7.98. The Balaban J connectivity index is 1.77. The Morgan fingerprint density at radius 3 is 2.24 bits per heavy atom. The molecule has 0 saturated heterocycles. The van der Waals surface area contributed by atoms with Crippen molar-refractivity contribution in [3.63, 3.8) is 0 Å². The fraction of sp³-hybridized carbons (Fsp3) is 0.350. The fourth-order valence-electron chi connectivity index (χ4n) is 3.45. The molecule has 2 aromatic carbocycles. The van der Waals surface area contributed by atoms with E-state index < -0.39 is 0 Å². The standard InChI is InChI=1S/C20H23O/c21-20-13-7-6-12-18(20)15-19(17-10-4-5-11-17)14-16-8-2-1-3-9-16/h1-3,6-9,12-13,17,21H,4-5,10-11,14-15H2. The molecule has 1 nitrogen and oxygen atoms in total. The molecule has 2 aromatic rings. The summed E-state index contributed by atoms with van der Waals surface area (Å²) in [4.78, 5) is 0. The lowest BCUT2D eigenvalue weighted by atomic mass is 9.81. The van der Waals surface area contributed by atoms with Crippen LogP contribution in [0.3, 0.4) is 0 Å². The predicted molar refractivity (Wildman–Crippen MR) is 87.2 cm³/mol. The highest BCUT2D eigenvalue weighted by molar-refractivity contribution is 5.35. The smallest absolute Gasteiger partial charge is 0.118 e. The molecule has 0 aromatic heterocycles. The minimum atomic E-state index is 0.432. The van der Waals surface area contributed by atoms with Crippen molar-refractivity contribution in [1.29, 1.82) is 0 Å². The van der Waals surface area contributed by atoms with Crippen molar-refractivity contribution < 1.29 is 5.11 Å². The van der Waals surface area contributed by atoms with Crippen molar-refractivity contribution in [2.24, 2.45) is 5.92 Å². The molecule has 0 heterocycles. The topological polar surface area (TPSA) is 20.2 Å². The van der Waals surface area contributed by atoms with Crippen LogP contribution in [0.15, 0.2) is 54.6 Å². The van der Waals surface area contributed by atoms with Gasteiger partial charge in [0, 0.05) is 0 Å². The third-order valence-corrected chi connectivity index (χ3v) is 4.62. The van der Waals surface area contributed by atoms with Gasteiger partial charge < -0.3 is 5.11 Å². The number of hydrogen-bond acceptors (Lipinski definition) is 1. The van der Waals surface area contributed by atoms with Crippen LogP contribution in [0.1, 0.15) is 36.8 Å². The molecule has 1 aliphatic carbocycles. The van der Waals surface area contributed by atoms with E-state index in [4.69, 9.17) is 0 Å². The quantitative estimate of drug-likeness (QED) is 0.821. The lowest BCUT2D eigenvalue weighted by Gasteiger charge is -2.23. The predicted octanol–water partition coefficient (Wildman–Crippen LogP) is 4.94. The molecule has 21 heavy (non-hydrogen) atoms. The molecule has 0 aliphatic heterocycles. The third-order valence-electron chi connectivity index (χ3n) is 4.62. The van der Waals surface area contributed by atoms with Crippen LogP contribution in [0.5, 0.6) is 5.75 Å². The van der Waals surface area contributed by atoms with Crippen LogP contribution in [0.25, 0.3) is 0 Å². The average Bonchev–Trinajstić information content (AvgIpc) is 3.04. The maximum atomic E-state index is 10.1. The second-order valence-electron chi connectivity index (χ2n) is 6.11. The summed E-state index contributed by atoms with van der Waals surface area (Å²) in [5.41, 5.74) is 2.45. The Morgan fingerprint density at radius 2 is 1.52 bits per heavy atom. The Morgan fingerprint density at radius 1 is 0.857 bits per heavy atom. The van der Waals surface area contributed by atoms with Crippen LogP contribution >= 0.6 is 0 Å². The van der Waals surface area contributed by atoms with E-state index in [1.54, 1.807) is 12.0 Å². The van der Waals surface area contributed by atoms with Gasteiger partial charge in [-0.05, 0) is 54.7 Å². The van der Waals surface area contributed by atoms with Gasteiger partial charge >= 0.3 is 0 Å². The molecule has 1 saturated carbocycles. The minimum Gasteiger partial charge on any atom is -0.508 e. The molecule has 1 radical (unpaired) electrons. The van der Waals surface area contributed by atoms with Crippen LogP contribution in [0.4, 0.5) is 0 Å². The van der Waals surface area contributed by atoms with E-state index in [0.29, 0.717) is 5.75 Å². The number of hydrogen-bond donors (Lipinski definition) is 1. The molecule has 0 unspecified atom stereocenters. The lowest BCUT2D eigenvalue weighted by Crippen LogP contribution is -2.15. The summed E-state index contributed by atoms with van der Waals surface area (Å²) in [7, 11) is 0. The number of para-hydroxylation sites is 1. The molecular weight excluding hydrogens is 256 g/mol. The molecule has 0 spiro atoms. The molecule has 0 atom stereocenters. The van der Waals surface area contributed by atoms with Crippen molar-refractivity contribution in [3.8, 4) is 5.75 Å². The fourth-order valence-corrected chi connectivity index (χ4v) is 3.45.